The second-order valence-corrected chi connectivity index (χ2v) is 12.2. The highest BCUT2D eigenvalue weighted by atomic mass is 32.2. The molecule has 1 saturated carbocycles. The minimum Gasteiger partial charge on any atom is -0.493 e. The van der Waals surface area contributed by atoms with Gasteiger partial charge in [-0.3, -0.25) is 13.9 Å². The minimum atomic E-state index is -4.22. The highest BCUT2D eigenvalue weighted by molar-refractivity contribution is 7.92. The number of ether oxygens (including phenoxy) is 2. The van der Waals surface area contributed by atoms with E-state index in [1.807, 2.05) is 30.3 Å². The molecule has 0 aliphatic heterocycles. The number of carbonyl (C=O) groups excluding carboxylic acids is 2. The van der Waals surface area contributed by atoms with E-state index in [4.69, 9.17) is 9.47 Å². The summed E-state index contributed by atoms with van der Waals surface area (Å²) in [6.07, 6.45) is 4.48. The molecule has 2 amide bonds. The summed E-state index contributed by atoms with van der Waals surface area (Å²) in [5, 5.41) is 3.09. The van der Waals surface area contributed by atoms with E-state index in [1.54, 1.807) is 37.3 Å². The maximum absolute atomic E-state index is 14.1. The maximum atomic E-state index is 14.1. The third-order valence-electron chi connectivity index (χ3n) is 7.62. The van der Waals surface area contributed by atoms with Crippen molar-refractivity contribution >= 4 is 27.5 Å². The Bertz CT molecular complexity index is 1440. The lowest BCUT2D eigenvalue weighted by Crippen LogP contribution is -2.53. The molecule has 1 aliphatic carbocycles. The summed E-state index contributed by atoms with van der Waals surface area (Å²) in [6.45, 7) is 1.46. The van der Waals surface area contributed by atoms with Gasteiger partial charge in [0.1, 0.15) is 12.6 Å². The SMILES string of the molecule is COc1ccc(S(=O)(=O)N(CC(=O)N(CCc2ccccc2)C(C)C(=O)NC2CCCC2)c2ccccc2)cc1OC. The molecule has 0 bridgehead atoms. The number of hydrogen-bond donors (Lipinski definition) is 1. The number of sulfonamides is 1. The summed E-state index contributed by atoms with van der Waals surface area (Å²) in [6, 6.07) is 21.8. The van der Waals surface area contributed by atoms with Crippen molar-refractivity contribution in [3.05, 3.63) is 84.4 Å². The first-order valence-corrected chi connectivity index (χ1v) is 15.6. The summed E-state index contributed by atoms with van der Waals surface area (Å²) < 4.78 is 39.8. The Labute approximate surface area is 248 Å². The zero-order valence-electron chi connectivity index (χ0n) is 24.4. The number of hydrogen-bond acceptors (Lipinski definition) is 6. The molecule has 1 N–H and O–H groups in total. The van der Waals surface area contributed by atoms with Crippen molar-refractivity contribution in [1.82, 2.24) is 10.2 Å². The standard InChI is InChI=1S/C32H39N3O6S/c1-24(32(37)33-26-14-10-11-15-26)34(21-20-25-12-6-4-7-13-25)31(36)23-35(27-16-8-5-9-17-27)42(38,39)28-18-19-29(40-2)30(22-28)41-3/h4-9,12-13,16-19,22,24,26H,10-11,14-15,20-21,23H2,1-3H3,(H,33,37). The van der Waals surface area contributed by atoms with Crippen LogP contribution in [-0.4, -0.2) is 64.5 Å². The van der Waals surface area contributed by atoms with E-state index in [0.717, 1.165) is 35.6 Å². The van der Waals surface area contributed by atoms with Crippen molar-refractivity contribution in [3.63, 3.8) is 0 Å². The first-order valence-electron chi connectivity index (χ1n) is 14.2. The molecule has 9 nitrogen and oxygen atoms in total. The molecule has 4 rings (SSSR count). The Morgan fingerprint density at radius 1 is 0.905 bits per heavy atom. The molecule has 0 spiro atoms. The number of nitrogens with one attached hydrogen (secondary N) is 1. The van der Waals surface area contributed by atoms with Crippen LogP contribution in [0, 0.1) is 0 Å². The van der Waals surface area contributed by atoms with Crippen LogP contribution in [0.15, 0.2) is 83.8 Å². The Morgan fingerprint density at radius 3 is 2.14 bits per heavy atom. The Hall–Kier alpha value is -4.05. The molecular formula is C32H39N3O6S. The predicted octanol–water partition coefficient (Wildman–Crippen LogP) is 4.42. The number of nitrogens with zero attached hydrogens (tertiary/aromatic N) is 2. The molecule has 42 heavy (non-hydrogen) atoms. The van der Waals surface area contributed by atoms with Crippen molar-refractivity contribution in [1.29, 1.82) is 0 Å². The third-order valence-corrected chi connectivity index (χ3v) is 9.39. The molecule has 1 aliphatic rings. The molecule has 0 heterocycles. The highest BCUT2D eigenvalue weighted by Crippen LogP contribution is 2.32. The van der Waals surface area contributed by atoms with Gasteiger partial charge in [-0.25, -0.2) is 8.42 Å². The molecule has 3 aromatic carbocycles. The number of anilines is 1. The molecule has 0 aromatic heterocycles. The van der Waals surface area contributed by atoms with Crippen molar-refractivity contribution in [2.24, 2.45) is 0 Å². The number of benzene rings is 3. The lowest BCUT2D eigenvalue weighted by atomic mass is 10.1. The largest absolute Gasteiger partial charge is 0.493 e. The zero-order valence-corrected chi connectivity index (χ0v) is 25.2. The molecule has 1 fully saturated rings. The van der Waals surface area contributed by atoms with Gasteiger partial charge in [0.25, 0.3) is 10.0 Å². The topological polar surface area (TPSA) is 105 Å². The summed E-state index contributed by atoms with van der Waals surface area (Å²) in [4.78, 5) is 28.8. The van der Waals surface area contributed by atoms with Gasteiger partial charge in [0.05, 0.1) is 24.8 Å². The van der Waals surface area contributed by atoms with E-state index in [0.29, 0.717) is 17.9 Å². The third kappa shape index (κ3) is 7.42. The molecule has 1 unspecified atom stereocenters. The summed E-state index contributed by atoms with van der Waals surface area (Å²) in [5.74, 6) is -0.0854. The van der Waals surface area contributed by atoms with E-state index in [2.05, 4.69) is 5.32 Å². The smallest absolute Gasteiger partial charge is 0.264 e. The van der Waals surface area contributed by atoms with Crippen molar-refractivity contribution in [3.8, 4) is 11.5 Å². The normalized spacial score (nSPS) is 14.2. The van der Waals surface area contributed by atoms with Gasteiger partial charge in [0.15, 0.2) is 11.5 Å². The Kier molecular flexibility index (Phi) is 10.5. The van der Waals surface area contributed by atoms with Crippen LogP contribution in [0.5, 0.6) is 11.5 Å². The lowest BCUT2D eigenvalue weighted by Gasteiger charge is -2.32. The molecular weight excluding hydrogens is 554 g/mol. The minimum absolute atomic E-state index is 0.0559. The fourth-order valence-electron chi connectivity index (χ4n) is 5.19. The number of methoxy groups -OCH3 is 2. The number of carbonyl (C=O) groups is 2. The number of para-hydroxylation sites is 1. The predicted molar refractivity (Wildman–Crippen MR) is 162 cm³/mol. The summed E-state index contributed by atoms with van der Waals surface area (Å²) >= 11 is 0. The van der Waals surface area contributed by atoms with E-state index >= 15 is 0 Å². The van der Waals surface area contributed by atoms with Gasteiger partial charge in [-0.1, -0.05) is 61.4 Å². The molecule has 0 saturated heterocycles. The first kappa shape index (κ1) is 30.9. The van der Waals surface area contributed by atoms with Gasteiger partial charge in [0, 0.05) is 18.7 Å². The van der Waals surface area contributed by atoms with Crippen LogP contribution >= 0.6 is 0 Å². The van der Waals surface area contributed by atoms with Crippen molar-refractivity contribution in [2.75, 3.05) is 31.6 Å². The van der Waals surface area contributed by atoms with Crippen molar-refractivity contribution in [2.45, 2.75) is 56.0 Å². The van der Waals surface area contributed by atoms with Gasteiger partial charge < -0.3 is 19.7 Å². The van der Waals surface area contributed by atoms with E-state index < -0.39 is 28.5 Å². The van der Waals surface area contributed by atoms with Crippen LogP contribution in [0.25, 0.3) is 0 Å². The van der Waals surface area contributed by atoms with Crippen LogP contribution < -0.4 is 19.1 Å². The number of amides is 2. The Balaban J connectivity index is 1.65. The van der Waals surface area contributed by atoms with Gasteiger partial charge in [-0.15, -0.1) is 0 Å². The van der Waals surface area contributed by atoms with Gasteiger partial charge in [-0.2, -0.15) is 0 Å². The summed E-state index contributed by atoms with van der Waals surface area (Å²) in [7, 11) is -1.33. The average Bonchev–Trinajstić information content (AvgIpc) is 3.53. The maximum Gasteiger partial charge on any atom is 0.264 e. The summed E-state index contributed by atoms with van der Waals surface area (Å²) in [5.41, 5.74) is 1.34. The molecule has 224 valence electrons. The second kappa shape index (κ2) is 14.2. The monoisotopic (exact) mass is 593 g/mol. The second-order valence-electron chi connectivity index (χ2n) is 10.4. The average molecular weight is 594 g/mol. The van der Waals surface area contributed by atoms with Crippen LogP contribution in [-0.2, 0) is 26.0 Å². The molecule has 0 radical (unpaired) electrons. The molecule has 1 atom stereocenters. The number of rotatable bonds is 13. The molecule has 3 aromatic rings. The van der Waals surface area contributed by atoms with E-state index in [9.17, 15) is 18.0 Å². The molecule has 10 heteroatoms. The fourth-order valence-corrected chi connectivity index (χ4v) is 6.62. The van der Waals surface area contributed by atoms with Crippen LogP contribution in [0.1, 0.15) is 38.2 Å². The first-order chi connectivity index (χ1) is 20.2. The highest BCUT2D eigenvalue weighted by Gasteiger charge is 2.33. The van der Waals surface area contributed by atoms with Gasteiger partial charge in [0.2, 0.25) is 11.8 Å². The van der Waals surface area contributed by atoms with E-state index in [1.165, 1.54) is 37.3 Å². The van der Waals surface area contributed by atoms with E-state index in [-0.39, 0.29) is 29.1 Å². The van der Waals surface area contributed by atoms with Crippen LogP contribution in [0.2, 0.25) is 0 Å². The Morgan fingerprint density at radius 2 is 1.52 bits per heavy atom. The van der Waals surface area contributed by atoms with Crippen LogP contribution in [0.3, 0.4) is 0 Å². The van der Waals surface area contributed by atoms with Crippen molar-refractivity contribution < 1.29 is 27.5 Å². The zero-order chi connectivity index (χ0) is 30.1. The quantitative estimate of drug-likeness (QED) is 0.315. The van der Waals surface area contributed by atoms with Gasteiger partial charge in [-0.05, 0) is 56.0 Å². The van der Waals surface area contributed by atoms with Gasteiger partial charge >= 0.3 is 0 Å². The van der Waals surface area contributed by atoms with Crippen LogP contribution in [0.4, 0.5) is 5.69 Å². The lowest BCUT2D eigenvalue weighted by molar-refractivity contribution is -0.139. The fraction of sp³-hybridized carbons (Fsp3) is 0.375.